The molecule has 32 heavy (non-hydrogen) atoms. The number of benzene rings is 1. The van der Waals surface area contributed by atoms with E-state index in [0.717, 1.165) is 62.2 Å². The van der Waals surface area contributed by atoms with Crippen molar-refractivity contribution in [3.8, 4) is 11.5 Å². The maximum absolute atomic E-state index is 12.0. The summed E-state index contributed by atoms with van der Waals surface area (Å²) in [7, 11) is 3.33. The van der Waals surface area contributed by atoms with Crippen LogP contribution in [0.25, 0.3) is 0 Å². The number of aliphatic imine (C=N–C) groups is 1. The Kier molecular flexibility index (Phi) is 8.99. The van der Waals surface area contributed by atoms with E-state index >= 15 is 0 Å². The number of carbonyl (C=O) groups is 1. The summed E-state index contributed by atoms with van der Waals surface area (Å²) in [6.45, 7) is 10.2. The van der Waals surface area contributed by atoms with E-state index in [1.54, 1.807) is 14.2 Å². The smallest absolute Gasteiger partial charge is 0.234 e. The summed E-state index contributed by atoms with van der Waals surface area (Å²) in [6, 6.07) is 4.14. The first-order chi connectivity index (χ1) is 15.5. The largest absolute Gasteiger partial charge is 0.496 e. The van der Waals surface area contributed by atoms with E-state index < -0.39 is 0 Å². The molecule has 0 spiro atoms. The molecule has 0 aromatic heterocycles. The van der Waals surface area contributed by atoms with Crippen LogP contribution in [-0.2, 0) is 22.5 Å². The van der Waals surface area contributed by atoms with E-state index in [9.17, 15) is 4.79 Å². The van der Waals surface area contributed by atoms with Gasteiger partial charge in [0.15, 0.2) is 5.96 Å². The lowest BCUT2D eigenvalue weighted by molar-refractivity contribution is -0.122. The Hall–Kier alpha value is -2.52. The molecule has 1 amide bonds. The van der Waals surface area contributed by atoms with Crippen LogP contribution in [0.1, 0.15) is 25.0 Å². The Morgan fingerprint density at radius 1 is 1.22 bits per heavy atom. The summed E-state index contributed by atoms with van der Waals surface area (Å²) in [4.78, 5) is 21.3. The zero-order chi connectivity index (χ0) is 22.9. The molecule has 1 saturated heterocycles. The minimum atomic E-state index is 0.0383. The molecular weight excluding hydrogens is 410 g/mol. The third-order valence-corrected chi connectivity index (χ3v) is 5.70. The van der Waals surface area contributed by atoms with Gasteiger partial charge in [0.25, 0.3) is 0 Å². The third-order valence-electron chi connectivity index (χ3n) is 5.70. The first-order valence-corrected chi connectivity index (χ1v) is 11.4. The monoisotopic (exact) mass is 447 g/mol. The summed E-state index contributed by atoms with van der Waals surface area (Å²) < 4.78 is 16.5. The van der Waals surface area contributed by atoms with Crippen LogP contribution >= 0.6 is 0 Å². The molecule has 178 valence electrons. The topological polar surface area (TPSA) is 87.7 Å². The fourth-order valence-corrected chi connectivity index (χ4v) is 4.05. The molecule has 3 rings (SSSR count). The molecule has 2 aliphatic heterocycles. The molecule has 0 saturated carbocycles. The number of hydrogen-bond donors (Lipinski definition) is 2. The number of ether oxygens (including phenoxy) is 3. The highest BCUT2D eigenvalue weighted by Gasteiger charge is 2.23. The molecule has 9 nitrogen and oxygen atoms in total. The van der Waals surface area contributed by atoms with Crippen molar-refractivity contribution in [3.05, 3.63) is 23.3 Å². The van der Waals surface area contributed by atoms with Crippen LogP contribution in [0.15, 0.2) is 17.1 Å². The fourth-order valence-electron chi connectivity index (χ4n) is 4.05. The van der Waals surface area contributed by atoms with E-state index in [0.29, 0.717) is 26.2 Å². The predicted molar refractivity (Wildman–Crippen MR) is 125 cm³/mol. The van der Waals surface area contributed by atoms with Crippen molar-refractivity contribution < 1.29 is 19.0 Å². The van der Waals surface area contributed by atoms with Crippen LogP contribution in [-0.4, -0.2) is 94.4 Å². The summed E-state index contributed by atoms with van der Waals surface area (Å²) in [5, 5.41) is 6.28. The van der Waals surface area contributed by atoms with Gasteiger partial charge in [0, 0.05) is 63.9 Å². The second-order valence-electron chi connectivity index (χ2n) is 8.18. The Bertz CT molecular complexity index is 793. The van der Waals surface area contributed by atoms with Gasteiger partial charge in [0.05, 0.1) is 26.8 Å². The van der Waals surface area contributed by atoms with E-state index in [1.807, 2.05) is 0 Å². The van der Waals surface area contributed by atoms with Gasteiger partial charge in [0.1, 0.15) is 17.6 Å². The number of methoxy groups -OCH3 is 2. The highest BCUT2D eigenvalue weighted by Crippen LogP contribution is 2.35. The molecule has 1 atom stereocenters. The standard InChI is InChI=1S/C23H37N5O4/c1-5-24-23(28-9-7-27(8-10-28)16-22(29)25-6-11-30-3)26-15-19-14-21-18(12-17(2)32-21)13-20(19)31-4/h13-14,17H,5-12,15-16H2,1-4H3,(H,24,26)(H,25,29). The van der Waals surface area contributed by atoms with Crippen LogP contribution in [0.3, 0.4) is 0 Å². The SMILES string of the molecule is CCNC(=NCc1cc2c(cc1OC)CC(C)O2)N1CCN(CC(=O)NCCOC)CC1. The Morgan fingerprint density at radius 2 is 2.00 bits per heavy atom. The van der Waals surface area contributed by atoms with Crippen molar-refractivity contribution in [1.29, 1.82) is 0 Å². The van der Waals surface area contributed by atoms with Crippen LogP contribution in [0.2, 0.25) is 0 Å². The van der Waals surface area contributed by atoms with E-state index in [-0.39, 0.29) is 12.0 Å². The number of nitrogens with one attached hydrogen (secondary N) is 2. The lowest BCUT2D eigenvalue weighted by atomic mass is 10.1. The average molecular weight is 448 g/mol. The molecular formula is C23H37N5O4. The highest BCUT2D eigenvalue weighted by molar-refractivity contribution is 5.80. The van der Waals surface area contributed by atoms with E-state index in [1.165, 1.54) is 5.56 Å². The van der Waals surface area contributed by atoms with Gasteiger partial charge in [-0.3, -0.25) is 9.69 Å². The maximum Gasteiger partial charge on any atom is 0.234 e. The van der Waals surface area contributed by atoms with Gasteiger partial charge in [0.2, 0.25) is 5.91 Å². The Balaban J connectivity index is 1.58. The van der Waals surface area contributed by atoms with Crippen LogP contribution in [0.5, 0.6) is 11.5 Å². The number of rotatable bonds is 9. The molecule has 2 heterocycles. The normalized spacial score (nSPS) is 18.8. The number of piperazine rings is 1. The third kappa shape index (κ3) is 6.49. The molecule has 1 aromatic rings. The molecule has 0 bridgehead atoms. The van der Waals surface area contributed by atoms with Gasteiger partial charge in [-0.15, -0.1) is 0 Å². The molecule has 0 radical (unpaired) electrons. The minimum absolute atomic E-state index is 0.0383. The van der Waals surface area contributed by atoms with Crippen LogP contribution in [0.4, 0.5) is 0 Å². The van der Waals surface area contributed by atoms with Crippen molar-refractivity contribution in [2.75, 3.05) is 66.6 Å². The van der Waals surface area contributed by atoms with Gasteiger partial charge in [-0.1, -0.05) is 0 Å². The average Bonchev–Trinajstić information content (AvgIpc) is 3.15. The molecule has 2 aliphatic rings. The Morgan fingerprint density at radius 3 is 2.69 bits per heavy atom. The second kappa shape index (κ2) is 11.9. The number of nitrogens with zero attached hydrogens (tertiary/aromatic N) is 3. The lowest BCUT2D eigenvalue weighted by Crippen LogP contribution is -2.54. The molecule has 9 heteroatoms. The molecule has 2 N–H and O–H groups in total. The molecule has 1 unspecified atom stereocenters. The first-order valence-electron chi connectivity index (χ1n) is 11.4. The highest BCUT2D eigenvalue weighted by atomic mass is 16.5. The number of amides is 1. The predicted octanol–water partition coefficient (Wildman–Crippen LogP) is 0.864. The van der Waals surface area contributed by atoms with E-state index in [4.69, 9.17) is 19.2 Å². The number of hydrogen-bond acceptors (Lipinski definition) is 6. The first kappa shape index (κ1) is 24.1. The van der Waals surface area contributed by atoms with Crippen molar-refractivity contribution >= 4 is 11.9 Å². The zero-order valence-electron chi connectivity index (χ0n) is 19.8. The molecule has 1 aromatic carbocycles. The minimum Gasteiger partial charge on any atom is -0.496 e. The van der Waals surface area contributed by atoms with Crippen LogP contribution in [0, 0.1) is 0 Å². The zero-order valence-corrected chi connectivity index (χ0v) is 19.8. The lowest BCUT2D eigenvalue weighted by Gasteiger charge is -2.36. The molecule has 1 fully saturated rings. The van der Waals surface area contributed by atoms with Gasteiger partial charge in [-0.05, 0) is 26.0 Å². The van der Waals surface area contributed by atoms with E-state index in [2.05, 4.69) is 46.4 Å². The van der Waals surface area contributed by atoms with Crippen molar-refractivity contribution in [3.63, 3.8) is 0 Å². The van der Waals surface area contributed by atoms with Gasteiger partial charge >= 0.3 is 0 Å². The van der Waals surface area contributed by atoms with Crippen molar-refractivity contribution in [1.82, 2.24) is 20.4 Å². The summed E-state index contributed by atoms with van der Waals surface area (Å²) in [6.07, 6.45) is 1.11. The van der Waals surface area contributed by atoms with Gasteiger partial charge in [-0.25, -0.2) is 4.99 Å². The summed E-state index contributed by atoms with van der Waals surface area (Å²) in [5.74, 6) is 2.71. The van der Waals surface area contributed by atoms with Gasteiger partial charge < -0.3 is 29.7 Å². The number of fused-ring (bicyclic) bond motifs is 1. The quantitative estimate of drug-likeness (QED) is 0.330. The number of guanidine groups is 1. The van der Waals surface area contributed by atoms with Crippen molar-refractivity contribution in [2.45, 2.75) is 32.9 Å². The molecule has 0 aliphatic carbocycles. The summed E-state index contributed by atoms with van der Waals surface area (Å²) >= 11 is 0. The van der Waals surface area contributed by atoms with Crippen molar-refractivity contribution in [2.24, 2.45) is 4.99 Å². The summed E-state index contributed by atoms with van der Waals surface area (Å²) in [5.41, 5.74) is 2.21. The second-order valence-corrected chi connectivity index (χ2v) is 8.18. The fraction of sp³-hybridized carbons (Fsp3) is 0.652. The number of carbonyl (C=O) groups excluding carboxylic acids is 1. The van der Waals surface area contributed by atoms with Gasteiger partial charge in [-0.2, -0.15) is 0 Å². The maximum atomic E-state index is 12.0. The van der Waals surface area contributed by atoms with Crippen LogP contribution < -0.4 is 20.1 Å². The Labute approximate surface area is 191 Å².